The molecule has 0 radical (unpaired) electrons. The van der Waals surface area contributed by atoms with Crippen LogP contribution in [0.25, 0.3) is 5.69 Å². The molecular formula is C3H2N2O. The maximum Gasteiger partial charge on any atom is 0.290 e. The van der Waals surface area contributed by atoms with E-state index in [1.807, 2.05) is 0 Å². The Morgan fingerprint density at radius 1 is 1.83 bits per heavy atom. The Hall–Kier alpha value is -0.990. The largest absolute Gasteiger partial charge is 0.290 e. The topological polar surface area (TPSA) is 37.8 Å². The first-order chi connectivity index (χ1) is 2.88. The van der Waals surface area contributed by atoms with Gasteiger partial charge in [-0.1, -0.05) is 0 Å². The van der Waals surface area contributed by atoms with Crippen molar-refractivity contribution in [2.24, 2.45) is 0 Å². The average Bonchev–Trinajstić information content (AvgIpc) is 2.12. The number of nitrogens with zero attached hydrogens (tertiary/aromatic N) is 1. The van der Waals surface area contributed by atoms with Crippen molar-refractivity contribution in [2.45, 2.75) is 0 Å². The average molecular weight is 82.1 g/mol. The van der Waals surface area contributed by atoms with Gasteiger partial charge in [-0.25, -0.2) is 0 Å². The van der Waals surface area contributed by atoms with E-state index < -0.39 is 0 Å². The first-order valence-corrected chi connectivity index (χ1v) is 1.70. The minimum atomic E-state index is 0.0509. The predicted molar refractivity (Wildman–Crippen MR) is 19.9 cm³/mol. The first kappa shape index (κ1) is 2.23. The molecule has 0 saturated heterocycles. The zero-order valence-corrected chi connectivity index (χ0v) is 2.93. The Morgan fingerprint density at radius 2 is 2.67 bits per heavy atom. The molecule has 0 saturated carbocycles. The maximum absolute atomic E-state index is 10.1. The summed E-state index contributed by atoms with van der Waals surface area (Å²) in [5, 5.41) is 2.48. The van der Waals surface area contributed by atoms with Crippen molar-refractivity contribution >= 4 is 0 Å². The SMILES string of the molecule is O=c1[nH]n2cc1-2. The number of hydrogen-bond donors (Lipinski definition) is 1. The molecule has 0 aliphatic carbocycles. The van der Waals surface area contributed by atoms with Crippen molar-refractivity contribution in [3.63, 3.8) is 0 Å². The molecule has 3 heteroatoms. The molecule has 0 aromatic rings. The summed E-state index contributed by atoms with van der Waals surface area (Å²) >= 11 is 0. The summed E-state index contributed by atoms with van der Waals surface area (Å²) in [6.45, 7) is 0. The Kier molecular flexibility index (Phi) is 0.135. The van der Waals surface area contributed by atoms with Gasteiger partial charge in [0.15, 0.2) is 0 Å². The summed E-state index contributed by atoms with van der Waals surface area (Å²) in [4.78, 5) is 10.1. The molecule has 2 rings (SSSR count). The fraction of sp³-hybridized carbons (Fsp3) is 0. The lowest BCUT2D eigenvalue weighted by atomic mass is 10.7. The van der Waals surface area contributed by atoms with Crippen LogP contribution in [0.15, 0.2) is 11.0 Å². The molecular weight excluding hydrogens is 80.0 g/mol. The molecule has 0 atom stereocenters. The number of rotatable bonds is 0. The molecule has 0 bridgehead atoms. The third-order valence-electron chi connectivity index (χ3n) is 0.898. The number of aromatic nitrogens is 2. The van der Waals surface area contributed by atoms with Gasteiger partial charge in [0.1, 0.15) is 5.69 Å². The normalized spacial score (nSPS) is 12.0. The van der Waals surface area contributed by atoms with E-state index in [1.54, 1.807) is 10.9 Å². The Morgan fingerprint density at radius 3 is 2.67 bits per heavy atom. The summed E-state index contributed by atoms with van der Waals surface area (Å²) in [7, 11) is 0. The lowest BCUT2D eigenvalue weighted by molar-refractivity contribution is 0.861. The third kappa shape index (κ3) is 0.0718. The van der Waals surface area contributed by atoms with E-state index in [9.17, 15) is 4.79 Å². The number of H-pyrrole nitrogens is 1. The van der Waals surface area contributed by atoms with Gasteiger partial charge in [-0.2, -0.15) is 0 Å². The molecule has 3 nitrogen and oxygen atoms in total. The van der Waals surface area contributed by atoms with Crippen molar-refractivity contribution in [3.8, 4) is 5.69 Å². The van der Waals surface area contributed by atoms with Gasteiger partial charge in [-0.3, -0.25) is 14.6 Å². The second-order valence-electron chi connectivity index (χ2n) is 1.33. The van der Waals surface area contributed by atoms with E-state index in [2.05, 4.69) is 5.10 Å². The predicted octanol–water partition coefficient (Wildman–Crippen LogP) is -0.521. The van der Waals surface area contributed by atoms with Gasteiger partial charge in [-0.05, 0) is 0 Å². The van der Waals surface area contributed by atoms with Gasteiger partial charge in [0.05, 0.1) is 6.20 Å². The van der Waals surface area contributed by atoms with E-state index in [0.29, 0.717) is 0 Å². The van der Waals surface area contributed by atoms with Crippen LogP contribution >= 0.6 is 0 Å². The van der Waals surface area contributed by atoms with Crippen LogP contribution in [0.1, 0.15) is 0 Å². The van der Waals surface area contributed by atoms with Crippen molar-refractivity contribution in [3.05, 3.63) is 16.6 Å². The summed E-state index contributed by atoms with van der Waals surface area (Å²) < 4.78 is 1.68. The molecule has 0 fully saturated rings. The molecule has 0 aromatic carbocycles. The molecule has 30 valence electrons. The number of fused-ring (bicyclic) bond motifs is 1. The van der Waals surface area contributed by atoms with Gasteiger partial charge >= 0.3 is 0 Å². The van der Waals surface area contributed by atoms with Crippen LogP contribution < -0.4 is 5.56 Å². The van der Waals surface area contributed by atoms with Crippen molar-refractivity contribution in [1.29, 1.82) is 0 Å². The van der Waals surface area contributed by atoms with Crippen LogP contribution in [0, 0.1) is 0 Å². The Labute approximate surface area is 33.2 Å². The van der Waals surface area contributed by atoms with E-state index >= 15 is 0 Å². The van der Waals surface area contributed by atoms with E-state index in [4.69, 9.17) is 0 Å². The van der Waals surface area contributed by atoms with Gasteiger partial charge in [0, 0.05) is 0 Å². The highest BCUT2D eigenvalue weighted by Gasteiger charge is 2.17. The number of aromatic amines is 1. The fourth-order valence-electron chi connectivity index (χ4n) is 0.468. The van der Waals surface area contributed by atoms with Crippen molar-refractivity contribution < 1.29 is 0 Å². The van der Waals surface area contributed by atoms with E-state index in [0.717, 1.165) is 5.69 Å². The zero-order chi connectivity index (χ0) is 4.15. The van der Waals surface area contributed by atoms with Crippen molar-refractivity contribution in [1.82, 2.24) is 9.78 Å². The Bertz CT molecular complexity index is 231. The van der Waals surface area contributed by atoms with Crippen LogP contribution in [-0.2, 0) is 0 Å². The summed E-state index contributed by atoms with van der Waals surface area (Å²) in [5.74, 6) is 0. The lowest BCUT2D eigenvalue weighted by Crippen LogP contribution is -2.15. The molecule has 1 N–H and O–H groups in total. The number of hydrogen-bond acceptors (Lipinski definition) is 1. The quantitative estimate of drug-likeness (QED) is 0.456. The van der Waals surface area contributed by atoms with Gasteiger partial charge in [0.2, 0.25) is 0 Å². The number of nitrogens with one attached hydrogen (secondary N) is 1. The lowest BCUT2D eigenvalue weighted by Gasteiger charge is -1.84. The second kappa shape index (κ2) is 0.363. The highest BCUT2D eigenvalue weighted by atomic mass is 16.1. The van der Waals surface area contributed by atoms with Crippen LogP contribution in [-0.4, -0.2) is 9.78 Å². The van der Waals surface area contributed by atoms with Crippen LogP contribution in [0.3, 0.4) is 0 Å². The van der Waals surface area contributed by atoms with Gasteiger partial charge < -0.3 is 0 Å². The molecule has 6 heavy (non-hydrogen) atoms. The summed E-state index contributed by atoms with van der Waals surface area (Å²) in [5.41, 5.74) is 0.866. The third-order valence-corrected chi connectivity index (χ3v) is 0.898. The molecule has 2 aliphatic heterocycles. The molecule has 0 aromatic heterocycles. The van der Waals surface area contributed by atoms with Crippen LogP contribution in [0.2, 0.25) is 0 Å². The molecule has 2 aliphatic rings. The first-order valence-electron chi connectivity index (χ1n) is 1.70. The molecule has 2 heterocycles. The molecule has 0 amide bonds. The van der Waals surface area contributed by atoms with Crippen molar-refractivity contribution in [2.75, 3.05) is 0 Å². The Balaban J connectivity index is 3.16. The molecule has 0 spiro atoms. The monoisotopic (exact) mass is 82.0 g/mol. The minimum Gasteiger partial charge on any atom is -0.266 e. The van der Waals surface area contributed by atoms with E-state index in [1.165, 1.54) is 0 Å². The smallest absolute Gasteiger partial charge is 0.266 e. The maximum atomic E-state index is 10.1. The fourth-order valence-corrected chi connectivity index (χ4v) is 0.468. The van der Waals surface area contributed by atoms with Gasteiger partial charge in [-0.15, -0.1) is 0 Å². The van der Waals surface area contributed by atoms with Crippen LogP contribution in [0.5, 0.6) is 0 Å². The minimum absolute atomic E-state index is 0.0509. The van der Waals surface area contributed by atoms with Gasteiger partial charge in [0.25, 0.3) is 5.56 Å². The zero-order valence-electron chi connectivity index (χ0n) is 2.93. The van der Waals surface area contributed by atoms with E-state index in [-0.39, 0.29) is 5.56 Å². The summed E-state index contributed by atoms with van der Waals surface area (Å²) in [6, 6.07) is 0. The standard InChI is InChI=1S/C3H2N2O/c6-3-2-1-5(2)4-3/h1H,(H,4,6). The molecule has 0 unspecified atom stereocenters. The van der Waals surface area contributed by atoms with Crippen LogP contribution in [0.4, 0.5) is 0 Å². The highest BCUT2D eigenvalue weighted by Crippen LogP contribution is 2.09. The summed E-state index contributed by atoms with van der Waals surface area (Å²) in [6.07, 6.45) is 1.75. The second-order valence-corrected chi connectivity index (χ2v) is 1.33. The highest BCUT2D eigenvalue weighted by molar-refractivity contribution is 5.38.